The number of rotatable bonds is 6. The molecule has 1 aromatic heterocycles. The summed E-state index contributed by atoms with van der Waals surface area (Å²) in [5.41, 5.74) is 1.15. The molecule has 0 spiro atoms. The van der Waals surface area contributed by atoms with Crippen LogP contribution < -0.4 is 5.32 Å². The summed E-state index contributed by atoms with van der Waals surface area (Å²) in [7, 11) is 1.92. The molecule has 2 rings (SSSR count). The fraction of sp³-hybridized carbons (Fsp3) is 0.800. The molecule has 1 heterocycles. The number of hydrogen-bond donors (Lipinski definition) is 1. The number of aryl methyl sites for hydroxylation is 1. The Hall–Kier alpha value is -0.900. The molecule has 0 atom stereocenters. The molecule has 0 bridgehead atoms. The average Bonchev–Trinajstić information content (AvgIpc) is 2.91. The molecule has 0 radical (unpaired) electrons. The van der Waals surface area contributed by atoms with E-state index in [0.717, 1.165) is 24.7 Å². The van der Waals surface area contributed by atoms with Crippen molar-refractivity contribution >= 4 is 0 Å². The van der Waals surface area contributed by atoms with E-state index in [9.17, 15) is 0 Å². The second kappa shape index (κ2) is 4.55. The van der Waals surface area contributed by atoms with Crippen molar-refractivity contribution in [2.75, 3.05) is 6.54 Å². The molecule has 78 valence electrons. The minimum atomic E-state index is 0.883. The third kappa shape index (κ3) is 2.80. The van der Waals surface area contributed by atoms with E-state index in [4.69, 9.17) is 0 Å². The van der Waals surface area contributed by atoms with Gasteiger partial charge in [-0.25, -0.2) is 0 Å². The summed E-state index contributed by atoms with van der Waals surface area (Å²) in [4.78, 5) is 0. The van der Waals surface area contributed by atoms with Crippen LogP contribution in [0, 0.1) is 5.92 Å². The Morgan fingerprint density at radius 1 is 1.57 bits per heavy atom. The van der Waals surface area contributed by atoms with Gasteiger partial charge in [-0.05, 0) is 25.3 Å². The highest BCUT2D eigenvalue weighted by Gasteiger charge is 2.19. The van der Waals surface area contributed by atoms with Crippen molar-refractivity contribution in [2.24, 2.45) is 13.0 Å². The van der Waals surface area contributed by atoms with E-state index < -0.39 is 0 Å². The standard InChI is InChI=1S/C10H18N4/c1-14-10(8-12-13-14)7-11-6-2-3-9-4-5-9/h8-9,11H,2-7H2,1H3. The highest BCUT2D eigenvalue weighted by atomic mass is 15.4. The Labute approximate surface area is 84.7 Å². The van der Waals surface area contributed by atoms with Crippen LogP contribution in [0.2, 0.25) is 0 Å². The van der Waals surface area contributed by atoms with Gasteiger partial charge in [0.25, 0.3) is 0 Å². The maximum absolute atomic E-state index is 3.88. The zero-order valence-corrected chi connectivity index (χ0v) is 8.74. The lowest BCUT2D eigenvalue weighted by Crippen LogP contribution is -2.17. The Kier molecular flexibility index (Phi) is 3.14. The molecule has 14 heavy (non-hydrogen) atoms. The average molecular weight is 194 g/mol. The van der Waals surface area contributed by atoms with E-state index in [1.165, 1.54) is 25.7 Å². The smallest absolute Gasteiger partial charge is 0.0738 e. The summed E-state index contributed by atoms with van der Waals surface area (Å²) in [6.45, 7) is 2.00. The number of hydrogen-bond acceptors (Lipinski definition) is 3. The van der Waals surface area contributed by atoms with E-state index >= 15 is 0 Å². The van der Waals surface area contributed by atoms with Gasteiger partial charge in [-0.15, -0.1) is 5.10 Å². The first kappa shape index (κ1) is 9.65. The van der Waals surface area contributed by atoms with Crippen molar-refractivity contribution in [1.82, 2.24) is 20.3 Å². The first-order chi connectivity index (χ1) is 6.86. The van der Waals surface area contributed by atoms with Crippen molar-refractivity contribution in [3.8, 4) is 0 Å². The van der Waals surface area contributed by atoms with Gasteiger partial charge in [-0.2, -0.15) is 0 Å². The van der Waals surface area contributed by atoms with Crippen LogP contribution >= 0.6 is 0 Å². The second-order valence-electron chi connectivity index (χ2n) is 4.11. The molecule has 0 unspecified atom stereocenters. The van der Waals surface area contributed by atoms with E-state index in [1.54, 1.807) is 0 Å². The van der Waals surface area contributed by atoms with Gasteiger partial charge in [-0.1, -0.05) is 18.1 Å². The highest BCUT2D eigenvalue weighted by Crippen LogP contribution is 2.33. The molecule has 1 fully saturated rings. The largest absolute Gasteiger partial charge is 0.311 e. The van der Waals surface area contributed by atoms with E-state index in [-0.39, 0.29) is 0 Å². The van der Waals surface area contributed by atoms with Crippen LogP contribution in [0.3, 0.4) is 0 Å². The first-order valence-corrected chi connectivity index (χ1v) is 5.40. The molecule has 4 heteroatoms. The maximum atomic E-state index is 3.88. The molecule has 1 N–H and O–H groups in total. The Morgan fingerprint density at radius 3 is 3.07 bits per heavy atom. The van der Waals surface area contributed by atoms with Gasteiger partial charge in [0.15, 0.2) is 0 Å². The summed E-state index contributed by atoms with van der Waals surface area (Å²) in [5, 5.41) is 11.1. The predicted octanol–water partition coefficient (Wildman–Crippen LogP) is 1.09. The summed E-state index contributed by atoms with van der Waals surface area (Å²) in [6.07, 6.45) is 7.44. The Bertz CT molecular complexity index is 277. The molecular weight excluding hydrogens is 176 g/mol. The summed E-state index contributed by atoms with van der Waals surface area (Å²) >= 11 is 0. The van der Waals surface area contributed by atoms with Crippen LogP contribution in [0.4, 0.5) is 0 Å². The second-order valence-corrected chi connectivity index (χ2v) is 4.11. The molecule has 0 aliphatic heterocycles. The van der Waals surface area contributed by atoms with Crippen molar-refractivity contribution in [3.05, 3.63) is 11.9 Å². The van der Waals surface area contributed by atoms with Crippen molar-refractivity contribution < 1.29 is 0 Å². The van der Waals surface area contributed by atoms with Crippen LogP contribution in [0.15, 0.2) is 6.20 Å². The summed E-state index contributed by atoms with van der Waals surface area (Å²) in [5.74, 6) is 1.05. The minimum Gasteiger partial charge on any atom is -0.311 e. The third-order valence-electron chi connectivity index (χ3n) is 2.78. The fourth-order valence-corrected chi connectivity index (χ4v) is 1.61. The van der Waals surface area contributed by atoms with Gasteiger partial charge in [0.2, 0.25) is 0 Å². The first-order valence-electron chi connectivity index (χ1n) is 5.40. The van der Waals surface area contributed by atoms with Gasteiger partial charge in [0, 0.05) is 13.6 Å². The molecule has 1 aliphatic rings. The summed E-state index contributed by atoms with van der Waals surface area (Å²) < 4.78 is 1.81. The normalized spacial score (nSPS) is 16.1. The van der Waals surface area contributed by atoms with Gasteiger partial charge >= 0.3 is 0 Å². The maximum Gasteiger partial charge on any atom is 0.0738 e. The van der Waals surface area contributed by atoms with Gasteiger partial charge in [0.1, 0.15) is 0 Å². The lowest BCUT2D eigenvalue weighted by molar-refractivity contribution is 0.571. The molecule has 0 amide bonds. The van der Waals surface area contributed by atoms with Gasteiger partial charge in [0.05, 0.1) is 11.9 Å². The van der Waals surface area contributed by atoms with Gasteiger partial charge < -0.3 is 5.32 Å². The van der Waals surface area contributed by atoms with Crippen LogP contribution in [-0.2, 0) is 13.6 Å². The quantitative estimate of drug-likeness (QED) is 0.689. The zero-order valence-electron chi connectivity index (χ0n) is 8.74. The topological polar surface area (TPSA) is 42.7 Å². The van der Waals surface area contributed by atoms with Gasteiger partial charge in [-0.3, -0.25) is 4.68 Å². The SMILES string of the molecule is Cn1nncc1CNCCCC1CC1. The summed E-state index contributed by atoms with van der Waals surface area (Å²) in [6, 6.07) is 0. The minimum absolute atomic E-state index is 0.883. The number of nitrogens with zero attached hydrogens (tertiary/aromatic N) is 3. The van der Waals surface area contributed by atoms with E-state index in [1.807, 2.05) is 17.9 Å². The third-order valence-corrected chi connectivity index (χ3v) is 2.78. The van der Waals surface area contributed by atoms with Crippen LogP contribution in [0.25, 0.3) is 0 Å². The lowest BCUT2D eigenvalue weighted by atomic mass is 10.2. The van der Waals surface area contributed by atoms with Crippen molar-refractivity contribution in [2.45, 2.75) is 32.2 Å². The molecule has 1 aromatic rings. The Balaban J connectivity index is 1.56. The zero-order chi connectivity index (χ0) is 9.80. The van der Waals surface area contributed by atoms with E-state index in [2.05, 4.69) is 15.6 Å². The van der Waals surface area contributed by atoms with Crippen LogP contribution in [-0.4, -0.2) is 21.5 Å². The number of aromatic nitrogens is 3. The Morgan fingerprint density at radius 2 is 2.43 bits per heavy atom. The monoisotopic (exact) mass is 194 g/mol. The van der Waals surface area contributed by atoms with Crippen LogP contribution in [0.1, 0.15) is 31.4 Å². The molecule has 1 aliphatic carbocycles. The predicted molar refractivity (Wildman–Crippen MR) is 54.7 cm³/mol. The lowest BCUT2D eigenvalue weighted by Gasteiger charge is -2.03. The molecule has 0 saturated heterocycles. The van der Waals surface area contributed by atoms with E-state index in [0.29, 0.717) is 0 Å². The molecule has 1 saturated carbocycles. The highest BCUT2D eigenvalue weighted by molar-refractivity contribution is 4.91. The van der Waals surface area contributed by atoms with Crippen molar-refractivity contribution in [1.29, 1.82) is 0 Å². The number of nitrogens with one attached hydrogen (secondary N) is 1. The van der Waals surface area contributed by atoms with Crippen LogP contribution in [0.5, 0.6) is 0 Å². The molecule has 4 nitrogen and oxygen atoms in total. The fourth-order valence-electron chi connectivity index (χ4n) is 1.61. The van der Waals surface area contributed by atoms with Crippen molar-refractivity contribution in [3.63, 3.8) is 0 Å². The molecular formula is C10H18N4. The molecule has 0 aromatic carbocycles.